The van der Waals surface area contributed by atoms with Gasteiger partial charge in [-0.2, -0.15) is 0 Å². The Morgan fingerprint density at radius 3 is 2.52 bits per heavy atom. The third-order valence-corrected chi connectivity index (χ3v) is 4.81. The second kappa shape index (κ2) is 7.90. The zero-order valence-electron chi connectivity index (χ0n) is 15.6. The van der Waals surface area contributed by atoms with Crippen LogP contribution in [0.1, 0.15) is 5.56 Å². The number of hydrogen-bond donors (Lipinski definition) is 0. The molecule has 0 saturated carbocycles. The monoisotopic (exact) mass is 365 g/mol. The fraction of sp³-hybridized carbons (Fsp3) is 0.333. The van der Waals surface area contributed by atoms with Gasteiger partial charge in [-0.3, -0.25) is 4.90 Å². The fourth-order valence-electron chi connectivity index (χ4n) is 3.28. The number of ether oxygens (including phenoxy) is 3. The van der Waals surface area contributed by atoms with Crippen LogP contribution >= 0.6 is 0 Å². The van der Waals surface area contributed by atoms with Gasteiger partial charge in [-0.25, -0.2) is 9.97 Å². The second-order valence-corrected chi connectivity index (χ2v) is 6.54. The van der Waals surface area contributed by atoms with E-state index in [2.05, 4.69) is 34.1 Å². The Morgan fingerprint density at radius 1 is 1.04 bits per heavy atom. The molecule has 2 heterocycles. The molecule has 1 aliphatic heterocycles. The molecule has 27 heavy (non-hydrogen) atoms. The van der Waals surface area contributed by atoms with Gasteiger partial charge in [0.05, 0.1) is 38.3 Å². The third-order valence-electron chi connectivity index (χ3n) is 4.81. The second-order valence-electron chi connectivity index (χ2n) is 6.54. The highest BCUT2D eigenvalue weighted by atomic mass is 16.5. The van der Waals surface area contributed by atoms with Crippen molar-refractivity contribution >= 4 is 10.9 Å². The van der Waals surface area contributed by atoms with Crippen molar-refractivity contribution in [3.05, 3.63) is 48.2 Å². The first-order valence-corrected chi connectivity index (χ1v) is 9.05. The van der Waals surface area contributed by atoms with Gasteiger partial charge in [0, 0.05) is 43.5 Å². The maximum atomic E-state index is 5.43. The van der Waals surface area contributed by atoms with E-state index in [0.717, 1.165) is 49.3 Å². The van der Waals surface area contributed by atoms with E-state index in [1.807, 2.05) is 12.1 Å². The largest absolute Gasteiger partial charge is 0.497 e. The molecule has 0 radical (unpaired) electrons. The highest BCUT2D eigenvalue weighted by Gasteiger charge is 2.12. The Kier molecular flexibility index (Phi) is 5.18. The molecule has 0 unspecified atom stereocenters. The Labute approximate surface area is 158 Å². The van der Waals surface area contributed by atoms with E-state index in [4.69, 9.17) is 19.2 Å². The van der Waals surface area contributed by atoms with Gasteiger partial charge in [0.25, 0.3) is 0 Å². The number of rotatable bonds is 5. The Morgan fingerprint density at radius 2 is 1.81 bits per heavy atom. The summed E-state index contributed by atoms with van der Waals surface area (Å²) in [4.78, 5) is 11.6. The first kappa shape index (κ1) is 17.7. The summed E-state index contributed by atoms with van der Waals surface area (Å²) in [5.74, 6) is 2.11. The molecule has 1 fully saturated rings. The number of hydrogen-bond acceptors (Lipinski definition) is 6. The minimum absolute atomic E-state index is 0.690. The van der Waals surface area contributed by atoms with Crippen LogP contribution in [0.5, 0.6) is 11.5 Å². The van der Waals surface area contributed by atoms with Crippen molar-refractivity contribution in [2.24, 2.45) is 0 Å². The summed E-state index contributed by atoms with van der Waals surface area (Å²) in [7, 11) is 3.27. The molecule has 1 saturated heterocycles. The van der Waals surface area contributed by atoms with Crippen molar-refractivity contribution < 1.29 is 14.2 Å². The Balaban J connectivity index is 1.59. The quantitative estimate of drug-likeness (QED) is 0.692. The lowest BCUT2D eigenvalue weighted by atomic mass is 10.1. The lowest BCUT2D eigenvalue weighted by molar-refractivity contribution is 0.0342. The first-order chi connectivity index (χ1) is 13.3. The molecule has 1 aliphatic rings. The highest BCUT2D eigenvalue weighted by Crippen LogP contribution is 2.30. The zero-order chi connectivity index (χ0) is 18.6. The summed E-state index contributed by atoms with van der Waals surface area (Å²) in [5.41, 5.74) is 3.07. The van der Waals surface area contributed by atoms with Crippen LogP contribution in [0.25, 0.3) is 22.3 Å². The van der Waals surface area contributed by atoms with Gasteiger partial charge in [0.1, 0.15) is 11.5 Å². The smallest absolute Gasteiger partial charge is 0.159 e. The number of aromatic nitrogens is 2. The van der Waals surface area contributed by atoms with Crippen molar-refractivity contribution in [1.29, 1.82) is 0 Å². The molecule has 0 N–H and O–H groups in total. The summed E-state index contributed by atoms with van der Waals surface area (Å²) in [5, 5.41) is 0.867. The average Bonchev–Trinajstić information content (AvgIpc) is 2.73. The predicted molar refractivity (Wildman–Crippen MR) is 104 cm³/mol. The first-order valence-electron chi connectivity index (χ1n) is 9.05. The van der Waals surface area contributed by atoms with Crippen LogP contribution in [0.3, 0.4) is 0 Å². The van der Waals surface area contributed by atoms with Crippen LogP contribution in [0.2, 0.25) is 0 Å². The number of methoxy groups -OCH3 is 2. The van der Waals surface area contributed by atoms with Crippen LogP contribution in [0.4, 0.5) is 0 Å². The zero-order valence-corrected chi connectivity index (χ0v) is 15.6. The summed E-state index contributed by atoms with van der Waals surface area (Å²) in [6, 6.07) is 12.2. The number of benzene rings is 2. The van der Waals surface area contributed by atoms with Crippen LogP contribution in [0.15, 0.2) is 42.6 Å². The SMILES string of the molecule is COc1cc(OC)c2cnc(-c3ccc(CN4CCOCC4)cc3)nc2c1. The Hall–Kier alpha value is -2.70. The minimum Gasteiger partial charge on any atom is -0.497 e. The summed E-state index contributed by atoms with van der Waals surface area (Å²) >= 11 is 0. The third kappa shape index (κ3) is 3.86. The molecule has 0 aliphatic carbocycles. The molecule has 6 heteroatoms. The summed E-state index contributed by atoms with van der Waals surface area (Å²) < 4.78 is 16.2. The molecule has 0 amide bonds. The standard InChI is InChI=1S/C21H23N3O3/c1-25-17-11-19-18(20(12-17)26-2)13-22-21(23-19)16-5-3-15(4-6-16)14-24-7-9-27-10-8-24/h3-6,11-13H,7-10,14H2,1-2H3. The predicted octanol–water partition coefficient (Wildman–Crippen LogP) is 3.15. The molecule has 2 aromatic carbocycles. The van der Waals surface area contributed by atoms with Gasteiger partial charge in [0.2, 0.25) is 0 Å². The fourth-order valence-corrected chi connectivity index (χ4v) is 3.28. The maximum absolute atomic E-state index is 5.43. The van der Waals surface area contributed by atoms with Crippen LogP contribution in [-0.4, -0.2) is 55.4 Å². The van der Waals surface area contributed by atoms with Gasteiger partial charge in [-0.05, 0) is 5.56 Å². The van der Waals surface area contributed by atoms with Gasteiger partial charge >= 0.3 is 0 Å². The summed E-state index contributed by atoms with van der Waals surface area (Å²) in [6.07, 6.45) is 1.80. The molecule has 0 spiro atoms. The van der Waals surface area contributed by atoms with Crippen molar-refractivity contribution in [2.45, 2.75) is 6.54 Å². The molecule has 140 valence electrons. The van der Waals surface area contributed by atoms with E-state index in [1.165, 1.54) is 5.56 Å². The molecule has 4 rings (SSSR count). The van der Waals surface area contributed by atoms with E-state index in [-0.39, 0.29) is 0 Å². The van der Waals surface area contributed by atoms with Crippen molar-refractivity contribution in [3.8, 4) is 22.9 Å². The molecule has 6 nitrogen and oxygen atoms in total. The Bertz CT molecular complexity index is 922. The maximum Gasteiger partial charge on any atom is 0.159 e. The lowest BCUT2D eigenvalue weighted by Crippen LogP contribution is -2.35. The molecular weight excluding hydrogens is 342 g/mol. The number of morpholine rings is 1. The van der Waals surface area contributed by atoms with Crippen molar-refractivity contribution in [3.63, 3.8) is 0 Å². The minimum atomic E-state index is 0.690. The van der Waals surface area contributed by atoms with Gasteiger partial charge < -0.3 is 14.2 Å². The van der Waals surface area contributed by atoms with Crippen LogP contribution in [-0.2, 0) is 11.3 Å². The van der Waals surface area contributed by atoms with Gasteiger partial charge in [-0.15, -0.1) is 0 Å². The molecule has 0 bridgehead atoms. The molecular formula is C21H23N3O3. The van der Waals surface area contributed by atoms with E-state index in [9.17, 15) is 0 Å². The van der Waals surface area contributed by atoms with Crippen LogP contribution < -0.4 is 9.47 Å². The van der Waals surface area contributed by atoms with Crippen molar-refractivity contribution in [1.82, 2.24) is 14.9 Å². The summed E-state index contributed by atoms with van der Waals surface area (Å²) in [6.45, 7) is 4.54. The molecule has 1 aromatic heterocycles. The van der Waals surface area contributed by atoms with E-state index < -0.39 is 0 Å². The van der Waals surface area contributed by atoms with E-state index >= 15 is 0 Å². The highest BCUT2D eigenvalue weighted by molar-refractivity contribution is 5.87. The normalized spacial score (nSPS) is 15.0. The number of nitrogens with zero attached hydrogens (tertiary/aromatic N) is 3. The molecule has 0 atom stereocenters. The number of fused-ring (bicyclic) bond motifs is 1. The van der Waals surface area contributed by atoms with Gasteiger partial charge in [-0.1, -0.05) is 24.3 Å². The van der Waals surface area contributed by atoms with Gasteiger partial charge in [0.15, 0.2) is 5.82 Å². The lowest BCUT2D eigenvalue weighted by Gasteiger charge is -2.26. The van der Waals surface area contributed by atoms with E-state index in [0.29, 0.717) is 17.3 Å². The molecule has 3 aromatic rings. The van der Waals surface area contributed by atoms with Crippen LogP contribution in [0, 0.1) is 0 Å². The van der Waals surface area contributed by atoms with Crippen molar-refractivity contribution in [2.75, 3.05) is 40.5 Å². The average molecular weight is 365 g/mol. The topological polar surface area (TPSA) is 56.7 Å². The van der Waals surface area contributed by atoms with E-state index in [1.54, 1.807) is 20.4 Å².